The lowest BCUT2D eigenvalue weighted by atomic mass is 10.2. The van der Waals surface area contributed by atoms with Gasteiger partial charge in [-0.3, -0.25) is 4.79 Å². The monoisotopic (exact) mass is 252 g/mol. The Hall–Kier alpha value is -2.18. The molecule has 1 rings (SSSR count). The van der Waals surface area contributed by atoms with Gasteiger partial charge in [-0.2, -0.15) is 0 Å². The Morgan fingerprint density at radius 2 is 2.06 bits per heavy atom. The van der Waals surface area contributed by atoms with E-state index >= 15 is 0 Å². The number of hydrogen-bond acceptors (Lipinski definition) is 5. The minimum atomic E-state index is -0.571. The fourth-order valence-electron chi connectivity index (χ4n) is 1.30. The van der Waals surface area contributed by atoms with E-state index in [-0.39, 0.29) is 17.8 Å². The van der Waals surface area contributed by atoms with E-state index in [2.05, 4.69) is 15.6 Å². The van der Waals surface area contributed by atoms with Crippen LogP contribution in [0.3, 0.4) is 0 Å². The Labute approximate surface area is 105 Å². The number of nitrogens with one attached hydrogen (secondary N) is 2. The Morgan fingerprint density at radius 1 is 1.39 bits per heavy atom. The zero-order chi connectivity index (χ0) is 13.7. The van der Waals surface area contributed by atoms with Crippen molar-refractivity contribution >= 4 is 17.4 Å². The molecule has 0 aliphatic heterocycles. The first-order valence-corrected chi connectivity index (χ1v) is 5.57. The minimum absolute atomic E-state index is 0.0664. The van der Waals surface area contributed by atoms with Crippen LogP contribution < -0.4 is 10.6 Å². The second-order valence-corrected chi connectivity index (χ2v) is 4.19. The normalized spacial score (nSPS) is 12.0. The topological polar surface area (TPSA) is 97.2 Å². The number of anilines is 1. The molecule has 0 bridgehead atoms. The Morgan fingerprint density at radius 3 is 2.50 bits per heavy atom. The van der Waals surface area contributed by atoms with Crippen molar-refractivity contribution in [2.24, 2.45) is 0 Å². The molecule has 0 radical (unpaired) electrons. The van der Waals surface area contributed by atoms with Crippen molar-refractivity contribution in [3.8, 4) is 0 Å². The number of hydrogen-bond donors (Lipinski definition) is 2. The van der Waals surface area contributed by atoms with E-state index in [1.165, 1.54) is 18.3 Å². The molecule has 0 saturated heterocycles. The van der Waals surface area contributed by atoms with Crippen molar-refractivity contribution < 1.29 is 9.72 Å². The van der Waals surface area contributed by atoms with Crippen molar-refractivity contribution in [2.45, 2.75) is 32.9 Å². The predicted molar refractivity (Wildman–Crippen MR) is 67.3 cm³/mol. The lowest BCUT2D eigenvalue weighted by Gasteiger charge is -2.16. The highest BCUT2D eigenvalue weighted by atomic mass is 16.6. The summed E-state index contributed by atoms with van der Waals surface area (Å²) in [5.74, 6) is -0.358. The predicted octanol–water partition coefficient (Wildman–Crippen LogP) is 1.31. The summed E-state index contributed by atoms with van der Waals surface area (Å²) in [6.45, 7) is 5.45. The molecule has 7 nitrogen and oxygen atoms in total. The maximum atomic E-state index is 11.6. The summed E-state index contributed by atoms with van der Waals surface area (Å²) in [6.07, 6.45) is 1.33. The summed E-state index contributed by atoms with van der Waals surface area (Å²) in [6, 6.07) is 2.44. The average Bonchev–Trinajstić information content (AvgIpc) is 2.28. The molecule has 1 unspecified atom stereocenters. The molecule has 0 spiro atoms. The number of aromatic nitrogens is 1. The van der Waals surface area contributed by atoms with Crippen molar-refractivity contribution in [1.82, 2.24) is 10.3 Å². The number of rotatable bonds is 5. The van der Waals surface area contributed by atoms with E-state index in [4.69, 9.17) is 0 Å². The highest BCUT2D eigenvalue weighted by Gasteiger charge is 2.14. The molecular formula is C11H16N4O3. The standard InChI is InChI=1S/C11H16N4O3/c1-7(2)13-11(16)8(3)14-9-4-5-10(12-6-9)15(17)18/h4-8,14H,1-3H3,(H,13,16). The zero-order valence-electron chi connectivity index (χ0n) is 10.5. The van der Waals surface area contributed by atoms with Gasteiger partial charge in [0, 0.05) is 12.1 Å². The highest BCUT2D eigenvalue weighted by molar-refractivity contribution is 5.84. The Balaban J connectivity index is 2.61. The van der Waals surface area contributed by atoms with Crippen LogP contribution in [0.15, 0.2) is 18.3 Å². The first-order valence-electron chi connectivity index (χ1n) is 5.57. The molecule has 1 amide bonds. The first-order chi connectivity index (χ1) is 8.40. The van der Waals surface area contributed by atoms with Gasteiger partial charge in [-0.1, -0.05) is 0 Å². The molecule has 98 valence electrons. The molecule has 7 heteroatoms. The third-order valence-electron chi connectivity index (χ3n) is 2.14. The molecule has 0 aliphatic rings. The van der Waals surface area contributed by atoms with Crippen LogP contribution in [0.5, 0.6) is 0 Å². The van der Waals surface area contributed by atoms with Gasteiger partial charge in [0.15, 0.2) is 6.20 Å². The largest absolute Gasteiger partial charge is 0.371 e. The van der Waals surface area contributed by atoms with Crippen molar-refractivity contribution in [3.63, 3.8) is 0 Å². The second-order valence-electron chi connectivity index (χ2n) is 4.19. The third-order valence-corrected chi connectivity index (χ3v) is 2.14. The van der Waals surface area contributed by atoms with Crippen molar-refractivity contribution in [3.05, 3.63) is 28.4 Å². The fraction of sp³-hybridized carbons (Fsp3) is 0.455. The molecular weight excluding hydrogens is 236 g/mol. The van der Waals surface area contributed by atoms with E-state index in [0.29, 0.717) is 5.69 Å². The van der Waals surface area contributed by atoms with Crippen molar-refractivity contribution in [2.75, 3.05) is 5.32 Å². The molecule has 0 saturated carbocycles. The summed E-state index contributed by atoms with van der Waals surface area (Å²) < 4.78 is 0. The van der Waals surface area contributed by atoms with Gasteiger partial charge in [0.05, 0.1) is 5.69 Å². The number of carbonyl (C=O) groups excluding carboxylic acids is 1. The number of carbonyl (C=O) groups is 1. The van der Waals surface area contributed by atoms with Crippen LogP contribution >= 0.6 is 0 Å². The van der Waals surface area contributed by atoms with Crippen LogP contribution in [-0.4, -0.2) is 27.9 Å². The van der Waals surface area contributed by atoms with Crippen LogP contribution in [0.4, 0.5) is 11.5 Å². The summed E-state index contributed by atoms with van der Waals surface area (Å²) in [7, 11) is 0. The molecule has 18 heavy (non-hydrogen) atoms. The fourth-order valence-corrected chi connectivity index (χ4v) is 1.30. The lowest BCUT2D eigenvalue weighted by molar-refractivity contribution is -0.389. The van der Waals surface area contributed by atoms with Crippen molar-refractivity contribution in [1.29, 1.82) is 0 Å². The van der Waals surface area contributed by atoms with Gasteiger partial charge in [0.25, 0.3) is 0 Å². The van der Waals surface area contributed by atoms with E-state index in [1.54, 1.807) is 6.92 Å². The molecule has 1 aromatic rings. The minimum Gasteiger partial charge on any atom is -0.371 e. The molecule has 1 heterocycles. The van der Waals surface area contributed by atoms with Gasteiger partial charge in [0.1, 0.15) is 6.04 Å². The van der Waals surface area contributed by atoms with Crippen LogP contribution in [0.1, 0.15) is 20.8 Å². The number of amides is 1. The summed E-state index contributed by atoms with van der Waals surface area (Å²) in [4.78, 5) is 25.1. The van der Waals surface area contributed by atoms with Gasteiger partial charge in [-0.15, -0.1) is 0 Å². The van der Waals surface area contributed by atoms with E-state index < -0.39 is 11.0 Å². The SMILES string of the molecule is CC(C)NC(=O)C(C)Nc1ccc([N+](=O)[O-])nc1. The van der Waals surface area contributed by atoms with E-state index in [1.807, 2.05) is 13.8 Å². The second kappa shape index (κ2) is 5.95. The molecule has 2 N–H and O–H groups in total. The van der Waals surface area contributed by atoms with Crippen LogP contribution in [0.2, 0.25) is 0 Å². The summed E-state index contributed by atoms with van der Waals surface area (Å²) >= 11 is 0. The number of pyridine rings is 1. The Bertz CT molecular complexity index is 430. The smallest absolute Gasteiger partial charge is 0.363 e. The molecule has 0 aliphatic carbocycles. The third kappa shape index (κ3) is 4.00. The van der Waals surface area contributed by atoms with E-state index in [9.17, 15) is 14.9 Å². The summed E-state index contributed by atoms with van der Waals surface area (Å²) in [5, 5.41) is 16.1. The first kappa shape index (κ1) is 13.9. The number of nitrogens with zero attached hydrogens (tertiary/aromatic N) is 2. The average molecular weight is 252 g/mol. The van der Waals surface area contributed by atoms with Crippen LogP contribution in [0, 0.1) is 10.1 Å². The van der Waals surface area contributed by atoms with Crippen LogP contribution in [0.25, 0.3) is 0 Å². The Kier molecular flexibility index (Phi) is 4.59. The number of nitro groups is 1. The highest BCUT2D eigenvalue weighted by Crippen LogP contribution is 2.12. The van der Waals surface area contributed by atoms with Gasteiger partial charge in [0.2, 0.25) is 5.91 Å². The lowest BCUT2D eigenvalue weighted by Crippen LogP contribution is -2.40. The maximum Gasteiger partial charge on any atom is 0.363 e. The molecule has 0 aromatic carbocycles. The molecule has 1 atom stereocenters. The maximum absolute atomic E-state index is 11.6. The van der Waals surface area contributed by atoms with Gasteiger partial charge in [-0.05, 0) is 36.7 Å². The quantitative estimate of drug-likeness (QED) is 0.608. The molecule has 1 aromatic heterocycles. The van der Waals surface area contributed by atoms with E-state index in [0.717, 1.165) is 0 Å². The van der Waals surface area contributed by atoms with Gasteiger partial charge in [-0.25, -0.2) is 0 Å². The van der Waals surface area contributed by atoms with Gasteiger partial charge < -0.3 is 20.7 Å². The zero-order valence-corrected chi connectivity index (χ0v) is 10.5. The van der Waals surface area contributed by atoms with Crippen LogP contribution in [-0.2, 0) is 4.79 Å². The summed E-state index contributed by atoms with van der Waals surface area (Å²) in [5.41, 5.74) is 0.562. The molecule has 0 fully saturated rings. The van der Waals surface area contributed by atoms with Gasteiger partial charge >= 0.3 is 5.82 Å².